The van der Waals surface area contributed by atoms with Crippen LogP contribution in [0, 0.1) is 13.0 Å². The Kier molecular flexibility index (Phi) is 3.19. The third-order valence-corrected chi connectivity index (χ3v) is 2.49. The number of hydrogen-bond acceptors (Lipinski definition) is 3. The monoisotopic (exact) mass is 242 g/mol. The summed E-state index contributed by atoms with van der Waals surface area (Å²) in [6.45, 7) is 1.85. The molecule has 0 aliphatic carbocycles. The van der Waals surface area contributed by atoms with Crippen LogP contribution >= 0.6 is 0 Å². The van der Waals surface area contributed by atoms with Gasteiger partial charge < -0.3 is 15.5 Å². The molecule has 0 saturated heterocycles. The average molecular weight is 242 g/mol. The van der Waals surface area contributed by atoms with Gasteiger partial charge in [-0.1, -0.05) is 12.1 Å². The molecule has 18 heavy (non-hydrogen) atoms. The second-order valence-electron chi connectivity index (χ2n) is 3.92. The van der Waals surface area contributed by atoms with E-state index in [9.17, 15) is 15.0 Å². The number of benzene rings is 2. The van der Waals surface area contributed by atoms with Gasteiger partial charge in [-0.05, 0) is 42.8 Å². The van der Waals surface area contributed by atoms with Crippen LogP contribution in [-0.2, 0) is 0 Å². The van der Waals surface area contributed by atoms with Gasteiger partial charge in [0.15, 0.2) is 0 Å². The maximum absolute atomic E-state index is 11.9. The minimum absolute atomic E-state index is 0.0200. The quantitative estimate of drug-likeness (QED) is 0.708. The van der Waals surface area contributed by atoms with Gasteiger partial charge in [-0.25, -0.2) is 0 Å². The van der Waals surface area contributed by atoms with Crippen LogP contribution in [0.25, 0.3) is 0 Å². The summed E-state index contributed by atoms with van der Waals surface area (Å²) < 4.78 is 0. The molecule has 1 radical (unpaired) electrons. The van der Waals surface area contributed by atoms with Gasteiger partial charge in [0.05, 0.1) is 11.3 Å². The number of aromatic hydroxyl groups is 2. The third-order valence-electron chi connectivity index (χ3n) is 2.49. The highest BCUT2D eigenvalue weighted by Gasteiger charge is 2.12. The van der Waals surface area contributed by atoms with E-state index in [1.807, 2.05) is 6.92 Å². The Bertz CT molecular complexity index is 593. The lowest BCUT2D eigenvalue weighted by Gasteiger charge is -2.09. The first-order chi connectivity index (χ1) is 8.58. The number of nitrogens with one attached hydrogen (secondary N) is 1. The molecule has 0 aliphatic heterocycles. The molecule has 0 atom stereocenters. The molecule has 0 aliphatic rings. The van der Waals surface area contributed by atoms with Crippen molar-refractivity contribution in [2.24, 2.45) is 0 Å². The zero-order chi connectivity index (χ0) is 13.1. The lowest BCUT2D eigenvalue weighted by atomic mass is 10.1. The largest absolute Gasteiger partial charge is 0.507 e. The van der Waals surface area contributed by atoms with Gasteiger partial charge in [-0.2, -0.15) is 0 Å². The SMILES string of the molecule is Cc1ccc(O)c(NC(=O)c2c[c]ccc2O)c1. The number of phenols is 2. The van der Waals surface area contributed by atoms with Crippen molar-refractivity contribution in [3.8, 4) is 11.5 Å². The van der Waals surface area contributed by atoms with Crippen LogP contribution in [-0.4, -0.2) is 16.1 Å². The summed E-state index contributed by atoms with van der Waals surface area (Å²) in [5.74, 6) is -0.642. The lowest BCUT2D eigenvalue weighted by molar-refractivity contribution is 0.102. The Morgan fingerprint density at radius 2 is 2.00 bits per heavy atom. The number of rotatable bonds is 2. The topological polar surface area (TPSA) is 69.6 Å². The molecule has 0 unspecified atom stereocenters. The fourth-order valence-electron chi connectivity index (χ4n) is 1.54. The summed E-state index contributed by atoms with van der Waals surface area (Å²) in [5.41, 5.74) is 1.33. The second kappa shape index (κ2) is 4.79. The van der Waals surface area contributed by atoms with Gasteiger partial charge in [-0.15, -0.1) is 0 Å². The van der Waals surface area contributed by atoms with E-state index >= 15 is 0 Å². The van der Waals surface area contributed by atoms with E-state index in [2.05, 4.69) is 11.4 Å². The fourth-order valence-corrected chi connectivity index (χ4v) is 1.54. The molecular weight excluding hydrogens is 230 g/mol. The van der Waals surface area contributed by atoms with Crippen molar-refractivity contribution in [2.45, 2.75) is 6.92 Å². The summed E-state index contributed by atoms with van der Waals surface area (Å²) >= 11 is 0. The van der Waals surface area contributed by atoms with Gasteiger partial charge in [0.25, 0.3) is 5.91 Å². The smallest absolute Gasteiger partial charge is 0.259 e. The molecular formula is C14H12NO3. The molecule has 2 aromatic rings. The molecule has 0 saturated carbocycles. The highest BCUT2D eigenvalue weighted by molar-refractivity contribution is 6.06. The van der Waals surface area contributed by atoms with E-state index in [1.54, 1.807) is 12.1 Å². The number of hydrogen-bond donors (Lipinski definition) is 3. The van der Waals surface area contributed by atoms with Crippen molar-refractivity contribution in [3.05, 3.63) is 53.6 Å². The van der Waals surface area contributed by atoms with Gasteiger partial charge in [0, 0.05) is 0 Å². The normalized spacial score (nSPS) is 10.1. The Labute approximate surface area is 105 Å². The standard InChI is InChI=1S/C14H12NO3/c1-9-6-7-13(17)11(8-9)15-14(18)10-4-2-3-5-12(10)16/h3-8,16-17H,1H3,(H,15,18). The first-order valence-corrected chi connectivity index (χ1v) is 5.38. The van der Waals surface area contributed by atoms with Crippen molar-refractivity contribution in [1.29, 1.82) is 0 Å². The summed E-state index contributed by atoms with van der Waals surface area (Å²) in [6, 6.07) is 11.9. The minimum atomic E-state index is -0.495. The summed E-state index contributed by atoms with van der Waals surface area (Å²) in [5, 5.41) is 21.7. The maximum Gasteiger partial charge on any atom is 0.259 e. The van der Waals surface area contributed by atoms with E-state index in [1.165, 1.54) is 24.3 Å². The second-order valence-corrected chi connectivity index (χ2v) is 3.92. The number of aryl methyl sites for hydroxylation is 1. The molecule has 2 rings (SSSR count). The van der Waals surface area contributed by atoms with E-state index in [4.69, 9.17) is 0 Å². The maximum atomic E-state index is 11.9. The van der Waals surface area contributed by atoms with Crippen molar-refractivity contribution >= 4 is 11.6 Å². The molecule has 0 heterocycles. The minimum Gasteiger partial charge on any atom is -0.507 e. The van der Waals surface area contributed by atoms with Crippen LogP contribution in [0.5, 0.6) is 11.5 Å². The highest BCUT2D eigenvalue weighted by Crippen LogP contribution is 2.25. The third kappa shape index (κ3) is 2.43. The molecule has 91 valence electrons. The Balaban J connectivity index is 2.27. The van der Waals surface area contributed by atoms with Crippen molar-refractivity contribution in [2.75, 3.05) is 5.32 Å². The van der Waals surface area contributed by atoms with Crippen molar-refractivity contribution < 1.29 is 15.0 Å². The van der Waals surface area contributed by atoms with E-state index < -0.39 is 5.91 Å². The molecule has 4 nitrogen and oxygen atoms in total. The lowest BCUT2D eigenvalue weighted by Crippen LogP contribution is -2.12. The van der Waals surface area contributed by atoms with Crippen LogP contribution in [0.1, 0.15) is 15.9 Å². The molecule has 3 N–H and O–H groups in total. The van der Waals surface area contributed by atoms with E-state index in [-0.39, 0.29) is 17.1 Å². The van der Waals surface area contributed by atoms with E-state index in [0.717, 1.165) is 5.56 Å². The van der Waals surface area contributed by atoms with Gasteiger partial charge in [-0.3, -0.25) is 4.79 Å². The first kappa shape index (κ1) is 12.0. The van der Waals surface area contributed by atoms with Gasteiger partial charge in [0.2, 0.25) is 0 Å². The Morgan fingerprint density at radius 1 is 1.22 bits per heavy atom. The molecule has 4 heteroatoms. The van der Waals surface area contributed by atoms with Crippen LogP contribution in [0.15, 0.2) is 36.4 Å². The van der Waals surface area contributed by atoms with E-state index in [0.29, 0.717) is 5.69 Å². The van der Waals surface area contributed by atoms with Gasteiger partial charge >= 0.3 is 0 Å². The zero-order valence-corrected chi connectivity index (χ0v) is 9.77. The molecule has 0 aromatic heterocycles. The average Bonchev–Trinajstić information content (AvgIpc) is 2.34. The number of carbonyl (C=O) groups is 1. The zero-order valence-electron chi connectivity index (χ0n) is 9.77. The molecule has 1 amide bonds. The summed E-state index contributed by atoms with van der Waals surface area (Å²) in [4.78, 5) is 11.9. The predicted molar refractivity (Wildman–Crippen MR) is 67.7 cm³/mol. The van der Waals surface area contributed by atoms with Gasteiger partial charge in [0.1, 0.15) is 11.5 Å². The number of anilines is 1. The molecule has 0 spiro atoms. The first-order valence-electron chi connectivity index (χ1n) is 5.38. The molecule has 0 fully saturated rings. The Morgan fingerprint density at radius 3 is 2.72 bits per heavy atom. The van der Waals surface area contributed by atoms with Crippen molar-refractivity contribution in [1.82, 2.24) is 0 Å². The highest BCUT2D eigenvalue weighted by atomic mass is 16.3. The Hall–Kier alpha value is -2.49. The predicted octanol–water partition coefficient (Wildman–Crippen LogP) is 2.46. The summed E-state index contributed by atoms with van der Waals surface area (Å²) in [6.07, 6.45) is 0. The molecule has 0 bridgehead atoms. The fraction of sp³-hybridized carbons (Fsp3) is 0.0714. The van der Waals surface area contributed by atoms with Crippen LogP contribution in [0.3, 0.4) is 0 Å². The number of amides is 1. The number of carbonyl (C=O) groups excluding carboxylic acids is 1. The molecule has 2 aromatic carbocycles. The van der Waals surface area contributed by atoms with Crippen LogP contribution in [0.2, 0.25) is 0 Å². The van der Waals surface area contributed by atoms with Crippen LogP contribution in [0.4, 0.5) is 5.69 Å². The van der Waals surface area contributed by atoms with Crippen molar-refractivity contribution in [3.63, 3.8) is 0 Å². The van der Waals surface area contributed by atoms with Crippen LogP contribution < -0.4 is 5.32 Å². The summed E-state index contributed by atoms with van der Waals surface area (Å²) in [7, 11) is 0. The number of phenolic OH excluding ortho intramolecular Hbond substituents is 2.